The van der Waals surface area contributed by atoms with Crippen LogP contribution in [0.5, 0.6) is 0 Å². The first kappa shape index (κ1) is 11.3. The predicted octanol–water partition coefficient (Wildman–Crippen LogP) is 1.37. The van der Waals surface area contributed by atoms with Gasteiger partial charge in [0, 0.05) is 26.2 Å². The van der Waals surface area contributed by atoms with E-state index in [0.717, 1.165) is 39.3 Å². The maximum atomic E-state index is 4.23. The van der Waals surface area contributed by atoms with E-state index < -0.39 is 0 Å². The zero-order valence-corrected chi connectivity index (χ0v) is 10.5. The first-order valence-corrected chi connectivity index (χ1v) is 6.46. The third kappa shape index (κ3) is 2.70. The fraction of sp³-hybridized carbons (Fsp3) is 0.429. The summed E-state index contributed by atoms with van der Waals surface area (Å²) in [5.41, 5.74) is 2.70. The molecule has 0 saturated heterocycles. The molecule has 0 N–H and O–H groups in total. The molecule has 94 valence electrons. The van der Waals surface area contributed by atoms with Crippen molar-refractivity contribution in [2.45, 2.75) is 13.1 Å². The predicted molar refractivity (Wildman–Crippen MR) is 74.0 cm³/mol. The fourth-order valence-corrected chi connectivity index (χ4v) is 2.29. The molecule has 0 aromatic heterocycles. The molecule has 18 heavy (non-hydrogen) atoms. The molecular weight excluding hydrogens is 224 g/mol. The lowest BCUT2D eigenvalue weighted by molar-refractivity contribution is 0.459. The molecule has 4 heteroatoms. The molecule has 2 aliphatic rings. The molecule has 0 saturated carbocycles. The molecule has 0 radical (unpaired) electrons. The number of benzene rings is 1. The van der Waals surface area contributed by atoms with Crippen LogP contribution in [0.25, 0.3) is 0 Å². The van der Waals surface area contributed by atoms with E-state index in [1.807, 2.05) is 12.7 Å². The molecule has 1 aromatic rings. The highest BCUT2D eigenvalue weighted by molar-refractivity contribution is 5.57. The van der Waals surface area contributed by atoms with Gasteiger partial charge in [-0.1, -0.05) is 24.3 Å². The van der Waals surface area contributed by atoms with Crippen LogP contribution in [0.1, 0.15) is 11.1 Å². The largest absolute Gasteiger partial charge is 0.357 e. The number of hydrogen-bond acceptors (Lipinski definition) is 4. The number of rotatable bonds is 4. The average Bonchev–Trinajstić information content (AvgIpc) is 3.05. The Labute approximate surface area is 108 Å². The summed E-state index contributed by atoms with van der Waals surface area (Å²) in [4.78, 5) is 13.0. The van der Waals surface area contributed by atoms with Crippen molar-refractivity contribution in [3.8, 4) is 0 Å². The van der Waals surface area contributed by atoms with E-state index >= 15 is 0 Å². The van der Waals surface area contributed by atoms with Gasteiger partial charge in [-0.25, -0.2) is 0 Å². The summed E-state index contributed by atoms with van der Waals surface area (Å²) in [6.07, 6.45) is 3.91. The van der Waals surface area contributed by atoms with Crippen LogP contribution in [0.2, 0.25) is 0 Å². The Hall–Kier alpha value is -1.84. The van der Waals surface area contributed by atoms with Gasteiger partial charge in [-0.15, -0.1) is 0 Å². The molecule has 2 heterocycles. The van der Waals surface area contributed by atoms with E-state index in [1.54, 1.807) is 0 Å². The van der Waals surface area contributed by atoms with Crippen molar-refractivity contribution in [2.75, 3.05) is 26.2 Å². The second-order valence-corrected chi connectivity index (χ2v) is 4.80. The Kier molecular flexibility index (Phi) is 3.26. The standard InChI is InChI=1S/C14H18N4/c1-2-14(10-18-8-6-16-12-18)4-3-13(1)9-17-7-5-15-11-17/h1-4,11-12H,5-10H2. The van der Waals surface area contributed by atoms with Crippen LogP contribution in [0.3, 0.4) is 0 Å². The number of aliphatic imine (C=N–C) groups is 2. The van der Waals surface area contributed by atoms with E-state index in [0.29, 0.717) is 0 Å². The topological polar surface area (TPSA) is 31.2 Å². The second-order valence-electron chi connectivity index (χ2n) is 4.80. The summed E-state index contributed by atoms with van der Waals surface area (Å²) in [7, 11) is 0. The van der Waals surface area contributed by atoms with Crippen LogP contribution in [-0.2, 0) is 13.1 Å². The van der Waals surface area contributed by atoms with Gasteiger partial charge >= 0.3 is 0 Å². The lowest BCUT2D eigenvalue weighted by Crippen LogP contribution is -2.19. The van der Waals surface area contributed by atoms with Crippen molar-refractivity contribution in [3.05, 3.63) is 35.4 Å². The minimum atomic E-state index is 0.937. The summed E-state index contributed by atoms with van der Waals surface area (Å²) in [5.74, 6) is 0. The summed E-state index contributed by atoms with van der Waals surface area (Å²) >= 11 is 0. The summed E-state index contributed by atoms with van der Waals surface area (Å²) in [6, 6.07) is 8.87. The third-order valence-electron chi connectivity index (χ3n) is 3.32. The van der Waals surface area contributed by atoms with Gasteiger partial charge in [-0.3, -0.25) is 9.98 Å². The molecule has 2 aliphatic heterocycles. The van der Waals surface area contributed by atoms with Gasteiger partial charge in [-0.2, -0.15) is 0 Å². The lowest BCUT2D eigenvalue weighted by atomic mass is 10.1. The van der Waals surface area contributed by atoms with Crippen LogP contribution in [0.4, 0.5) is 0 Å². The van der Waals surface area contributed by atoms with E-state index in [1.165, 1.54) is 11.1 Å². The Bertz CT molecular complexity index is 406. The summed E-state index contributed by atoms with van der Waals surface area (Å²) in [6.45, 7) is 5.90. The molecule has 0 unspecified atom stereocenters. The second kappa shape index (κ2) is 5.21. The monoisotopic (exact) mass is 242 g/mol. The van der Waals surface area contributed by atoms with Gasteiger partial charge in [0.05, 0.1) is 25.8 Å². The molecule has 0 fully saturated rings. The minimum absolute atomic E-state index is 0.937. The SMILES string of the molecule is C1=NCCN1Cc1ccc(CN2C=NCC2)cc1. The Morgan fingerprint density at radius 1 is 0.778 bits per heavy atom. The lowest BCUT2D eigenvalue weighted by Gasteiger charge is -2.16. The van der Waals surface area contributed by atoms with Crippen molar-refractivity contribution in [1.82, 2.24) is 9.80 Å². The van der Waals surface area contributed by atoms with Crippen LogP contribution < -0.4 is 0 Å². The Morgan fingerprint density at radius 2 is 1.22 bits per heavy atom. The molecule has 1 aromatic carbocycles. The zero-order valence-electron chi connectivity index (χ0n) is 10.5. The summed E-state index contributed by atoms with van der Waals surface area (Å²) in [5, 5.41) is 0. The van der Waals surface area contributed by atoms with Crippen molar-refractivity contribution >= 4 is 12.7 Å². The van der Waals surface area contributed by atoms with Crippen LogP contribution in [-0.4, -0.2) is 48.7 Å². The average molecular weight is 242 g/mol. The highest BCUT2D eigenvalue weighted by atomic mass is 15.2. The molecular formula is C14H18N4. The molecule has 4 nitrogen and oxygen atoms in total. The fourth-order valence-electron chi connectivity index (χ4n) is 2.29. The first-order chi connectivity index (χ1) is 8.90. The normalized spacial score (nSPS) is 18.0. The quantitative estimate of drug-likeness (QED) is 0.798. The van der Waals surface area contributed by atoms with Crippen LogP contribution in [0.15, 0.2) is 34.3 Å². The molecule has 0 atom stereocenters. The first-order valence-electron chi connectivity index (χ1n) is 6.46. The van der Waals surface area contributed by atoms with Crippen molar-refractivity contribution in [3.63, 3.8) is 0 Å². The molecule has 3 rings (SSSR count). The molecule has 0 spiro atoms. The van der Waals surface area contributed by atoms with Crippen LogP contribution in [0, 0.1) is 0 Å². The van der Waals surface area contributed by atoms with E-state index in [4.69, 9.17) is 0 Å². The molecule has 0 aliphatic carbocycles. The van der Waals surface area contributed by atoms with Gasteiger partial charge in [0.2, 0.25) is 0 Å². The van der Waals surface area contributed by atoms with Gasteiger partial charge in [0.25, 0.3) is 0 Å². The Balaban J connectivity index is 1.58. The smallest absolute Gasteiger partial charge is 0.0854 e. The van der Waals surface area contributed by atoms with E-state index in [2.05, 4.69) is 44.1 Å². The van der Waals surface area contributed by atoms with Crippen molar-refractivity contribution in [2.24, 2.45) is 9.98 Å². The van der Waals surface area contributed by atoms with E-state index in [9.17, 15) is 0 Å². The van der Waals surface area contributed by atoms with Gasteiger partial charge in [-0.05, 0) is 11.1 Å². The van der Waals surface area contributed by atoms with Gasteiger partial charge in [0.1, 0.15) is 0 Å². The Morgan fingerprint density at radius 3 is 1.56 bits per heavy atom. The summed E-state index contributed by atoms with van der Waals surface area (Å²) < 4.78 is 0. The zero-order chi connectivity index (χ0) is 12.2. The minimum Gasteiger partial charge on any atom is -0.357 e. The molecule has 0 bridgehead atoms. The maximum absolute atomic E-state index is 4.23. The van der Waals surface area contributed by atoms with Gasteiger partial charge in [0.15, 0.2) is 0 Å². The van der Waals surface area contributed by atoms with Crippen LogP contribution >= 0.6 is 0 Å². The highest BCUT2D eigenvalue weighted by Crippen LogP contribution is 2.10. The highest BCUT2D eigenvalue weighted by Gasteiger charge is 2.08. The van der Waals surface area contributed by atoms with Gasteiger partial charge < -0.3 is 9.80 Å². The van der Waals surface area contributed by atoms with E-state index in [-0.39, 0.29) is 0 Å². The number of hydrogen-bond donors (Lipinski definition) is 0. The number of nitrogens with zero attached hydrogens (tertiary/aromatic N) is 4. The van der Waals surface area contributed by atoms with Crippen molar-refractivity contribution < 1.29 is 0 Å². The maximum Gasteiger partial charge on any atom is 0.0854 e. The van der Waals surface area contributed by atoms with Crippen molar-refractivity contribution in [1.29, 1.82) is 0 Å². The third-order valence-corrected chi connectivity index (χ3v) is 3.32. The molecule has 0 amide bonds.